The fraction of sp³-hybridized carbons (Fsp3) is 0.500. The van der Waals surface area contributed by atoms with Gasteiger partial charge in [-0.2, -0.15) is 0 Å². The van der Waals surface area contributed by atoms with E-state index >= 15 is 0 Å². The van der Waals surface area contributed by atoms with Gasteiger partial charge in [-0.3, -0.25) is 9.59 Å². The van der Waals surface area contributed by atoms with Gasteiger partial charge < -0.3 is 10.6 Å². The number of carbonyl (C=O) groups is 2. The van der Waals surface area contributed by atoms with Gasteiger partial charge in [-0.15, -0.1) is 0 Å². The van der Waals surface area contributed by atoms with Crippen molar-refractivity contribution < 1.29 is 9.59 Å². The van der Waals surface area contributed by atoms with E-state index in [2.05, 4.69) is 24.5 Å². The Bertz CT molecular complexity index is 416. The van der Waals surface area contributed by atoms with Crippen LogP contribution in [0.3, 0.4) is 0 Å². The van der Waals surface area contributed by atoms with E-state index < -0.39 is 0 Å². The Morgan fingerprint density at radius 3 is 2.40 bits per heavy atom. The standard InChI is InChI=1S/C16H24N2O2/c1-13(2)10-11-17-16(20)12-18-15(19)9-8-14-6-4-3-5-7-14/h3-7,13H,8-12H2,1-2H3,(H,17,20)(H,18,19). The van der Waals surface area contributed by atoms with Crippen LogP contribution in [0.15, 0.2) is 30.3 Å². The molecule has 0 aliphatic rings. The summed E-state index contributed by atoms with van der Waals surface area (Å²) >= 11 is 0. The average Bonchev–Trinajstić information content (AvgIpc) is 2.43. The van der Waals surface area contributed by atoms with Crippen molar-refractivity contribution in [2.24, 2.45) is 5.92 Å². The van der Waals surface area contributed by atoms with Crippen LogP contribution in [0, 0.1) is 5.92 Å². The molecule has 1 aromatic rings. The monoisotopic (exact) mass is 276 g/mol. The van der Waals surface area contributed by atoms with Crippen molar-refractivity contribution in [3.63, 3.8) is 0 Å². The van der Waals surface area contributed by atoms with Crippen LogP contribution in [0.25, 0.3) is 0 Å². The molecule has 0 saturated carbocycles. The summed E-state index contributed by atoms with van der Waals surface area (Å²) in [7, 11) is 0. The number of amides is 2. The third kappa shape index (κ3) is 7.56. The van der Waals surface area contributed by atoms with Crippen molar-refractivity contribution in [2.75, 3.05) is 13.1 Å². The highest BCUT2D eigenvalue weighted by Crippen LogP contribution is 2.01. The van der Waals surface area contributed by atoms with Gasteiger partial charge in [-0.25, -0.2) is 0 Å². The van der Waals surface area contributed by atoms with Gasteiger partial charge in [0.25, 0.3) is 0 Å². The van der Waals surface area contributed by atoms with Gasteiger partial charge in [0.1, 0.15) is 0 Å². The highest BCUT2D eigenvalue weighted by molar-refractivity contribution is 5.84. The maximum absolute atomic E-state index is 11.6. The van der Waals surface area contributed by atoms with E-state index in [1.54, 1.807) is 0 Å². The molecular weight excluding hydrogens is 252 g/mol. The van der Waals surface area contributed by atoms with Crippen molar-refractivity contribution in [2.45, 2.75) is 33.1 Å². The SMILES string of the molecule is CC(C)CCNC(=O)CNC(=O)CCc1ccccc1. The van der Waals surface area contributed by atoms with Crippen molar-refractivity contribution >= 4 is 11.8 Å². The number of carbonyl (C=O) groups excluding carboxylic acids is 2. The Morgan fingerprint density at radius 1 is 1.05 bits per heavy atom. The van der Waals surface area contributed by atoms with Gasteiger partial charge in [0.05, 0.1) is 6.54 Å². The predicted molar refractivity (Wildman–Crippen MR) is 80.2 cm³/mol. The van der Waals surface area contributed by atoms with E-state index in [4.69, 9.17) is 0 Å². The van der Waals surface area contributed by atoms with E-state index in [0.717, 1.165) is 12.0 Å². The molecule has 2 N–H and O–H groups in total. The minimum atomic E-state index is -0.126. The highest BCUT2D eigenvalue weighted by Gasteiger charge is 2.05. The second-order valence-corrected chi connectivity index (χ2v) is 5.29. The van der Waals surface area contributed by atoms with E-state index in [1.165, 1.54) is 0 Å². The smallest absolute Gasteiger partial charge is 0.239 e. The van der Waals surface area contributed by atoms with E-state index in [0.29, 0.717) is 25.3 Å². The van der Waals surface area contributed by atoms with Crippen molar-refractivity contribution in [1.29, 1.82) is 0 Å². The Morgan fingerprint density at radius 2 is 1.75 bits per heavy atom. The van der Waals surface area contributed by atoms with Gasteiger partial charge >= 0.3 is 0 Å². The molecule has 0 saturated heterocycles. The maximum Gasteiger partial charge on any atom is 0.239 e. The Kier molecular flexibility index (Phi) is 7.40. The summed E-state index contributed by atoms with van der Waals surface area (Å²) in [5.74, 6) is 0.349. The molecule has 2 amide bonds. The molecular formula is C16H24N2O2. The normalized spacial score (nSPS) is 10.3. The molecule has 0 bridgehead atoms. The second kappa shape index (κ2) is 9.13. The minimum Gasteiger partial charge on any atom is -0.355 e. The van der Waals surface area contributed by atoms with Crippen LogP contribution < -0.4 is 10.6 Å². The van der Waals surface area contributed by atoms with Gasteiger partial charge in [0.15, 0.2) is 0 Å². The second-order valence-electron chi connectivity index (χ2n) is 5.29. The fourth-order valence-corrected chi connectivity index (χ4v) is 1.73. The third-order valence-electron chi connectivity index (χ3n) is 2.97. The van der Waals surface area contributed by atoms with Crippen molar-refractivity contribution in [1.82, 2.24) is 10.6 Å². The van der Waals surface area contributed by atoms with Crippen molar-refractivity contribution in [3.8, 4) is 0 Å². The summed E-state index contributed by atoms with van der Waals surface area (Å²) in [4.78, 5) is 23.1. The van der Waals surface area contributed by atoms with Crippen LogP contribution in [-0.4, -0.2) is 24.9 Å². The summed E-state index contributed by atoms with van der Waals surface area (Å²) in [5.41, 5.74) is 1.13. The first-order chi connectivity index (χ1) is 9.58. The first-order valence-corrected chi connectivity index (χ1v) is 7.15. The average molecular weight is 276 g/mol. The zero-order valence-electron chi connectivity index (χ0n) is 12.3. The Labute approximate surface area is 121 Å². The van der Waals surface area contributed by atoms with Crippen LogP contribution in [0.2, 0.25) is 0 Å². The summed E-state index contributed by atoms with van der Waals surface area (Å²) in [5, 5.41) is 5.43. The number of benzene rings is 1. The summed E-state index contributed by atoms with van der Waals surface area (Å²) in [6, 6.07) is 9.84. The molecule has 0 heterocycles. The molecule has 4 heteroatoms. The van der Waals surface area contributed by atoms with Gasteiger partial charge in [-0.1, -0.05) is 44.2 Å². The molecule has 0 atom stereocenters. The first-order valence-electron chi connectivity index (χ1n) is 7.15. The van der Waals surface area contributed by atoms with Gasteiger partial charge in [-0.05, 0) is 24.3 Å². The minimum absolute atomic E-state index is 0.0612. The van der Waals surface area contributed by atoms with Gasteiger partial charge in [0, 0.05) is 13.0 Å². The Balaban J connectivity index is 2.12. The lowest BCUT2D eigenvalue weighted by Crippen LogP contribution is -2.37. The molecule has 1 aromatic carbocycles. The molecule has 4 nitrogen and oxygen atoms in total. The zero-order chi connectivity index (χ0) is 14.8. The molecule has 0 radical (unpaired) electrons. The van der Waals surface area contributed by atoms with E-state index in [-0.39, 0.29) is 18.4 Å². The molecule has 20 heavy (non-hydrogen) atoms. The first kappa shape index (κ1) is 16.2. The quantitative estimate of drug-likeness (QED) is 0.762. The molecule has 0 aliphatic carbocycles. The molecule has 110 valence electrons. The summed E-state index contributed by atoms with van der Waals surface area (Å²) in [6.45, 7) is 4.94. The number of rotatable bonds is 8. The topological polar surface area (TPSA) is 58.2 Å². The van der Waals surface area contributed by atoms with Crippen LogP contribution in [0.5, 0.6) is 0 Å². The number of aryl methyl sites for hydroxylation is 1. The lowest BCUT2D eigenvalue weighted by atomic mass is 10.1. The number of nitrogens with one attached hydrogen (secondary N) is 2. The van der Waals surface area contributed by atoms with Crippen LogP contribution in [0.4, 0.5) is 0 Å². The number of hydrogen-bond donors (Lipinski definition) is 2. The lowest BCUT2D eigenvalue weighted by Gasteiger charge is -2.08. The van der Waals surface area contributed by atoms with Crippen molar-refractivity contribution in [3.05, 3.63) is 35.9 Å². The Hall–Kier alpha value is -1.84. The maximum atomic E-state index is 11.6. The van der Waals surface area contributed by atoms with Gasteiger partial charge in [0.2, 0.25) is 11.8 Å². The summed E-state index contributed by atoms with van der Waals surface area (Å²) in [6.07, 6.45) is 2.05. The lowest BCUT2D eigenvalue weighted by molar-refractivity contribution is -0.126. The zero-order valence-corrected chi connectivity index (χ0v) is 12.3. The predicted octanol–water partition coefficient (Wildman–Crippen LogP) is 1.90. The molecule has 0 aliphatic heterocycles. The van der Waals surface area contributed by atoms with Crippen LogP contribution in [0.1, 0.15) is 32.3 Å². The van der Waals surface area contributed by atoms with E-state index in [9.17, 15) is 9.59 Å². The third-order valence-corrected chi connectivity index (χ3v) is 2.97. The number of hydrogen-bond acceptors (Lipinski definition) is 2. The van der Waals surface area contributed by atoms with E-state index in [1.807, 2.05) is 30.3 Å². The molecule has 1 rings (SSSR count). The molecule has 0 unspecified atom stereocenters. The largest absolute Gasteiger partial charge is 0.355 e. The molecule has 0 fully saturated rings. The molecule has 0 aromatic heterocycles. The van der Waals surface area contributed by atoms with Crippen LogP contribution >= 0.6 is 0 Å². The highest BCUT2D eigenvalue weighted by atomic mass is 16.2. The molecule has 0 spiro atoms. The van der Waals surface area contributed by atoms with Crippen LogP contribution in [-0.2, 0) is 16.0 Å². The summed E-state index contributed by atoms with van der Waals surface area (Å²) < 4.78 is 0. The fourth-order valence-electron chi connectivity index (χ4n) is 1.73.